The van der Waals surface area contributed by atoms with Crippen molar-refractivity contribution in [1.29, 1.82) is 0 Å². The third-order valence-corrected chi connectivity index (χ3v) is 8.02. The van der Waals surface area contributed by atoms with Crippen LogP contribution in [0.15, 0.2) is 103 Å². The number of carboxylic acids is 1. The van der Waals surface area contributed by atoms with Crippen LogP contribution < -0.4 is 5.32 Å². The number of amides is 1. The lowest BCUT2D eigenvalue weighted by atomic mass is 9.95. The SMILES string of the molecule is C[C@H](NC(=O)c1cc(-c2ccccc2)cc2scc(Cc3ccc4nccnc4c3)c12)c1ccc(C(=O)O)cc1. The van der Waals surface area contributed by atoms with Crippen LogP contribution in [0.1, 0.15) is 50.4 Å². The van der Waals surface area contributed by atoms with E-state index in [1.807, 2.05) is 55.5 Å². The number of nitrogens with zero attached hydrogens (tertiary/aromatic N) is 2. The second-order valence-electron chi connectivity index (χ2n) is 9.70. The molecule has 6 nitrogen and oxygen atoms in total. The summed E-state index contributed by atoms with van der Waals surface area (Å²) in [5.74, 6) is -1.16. The van der Waals surface area contributed by atoms with Gasteiger partial charge >= 0.3 is 5.97 Å². The fourth-order valence-electron chi connectivity index (χ4n) is 4.95. The fourth-order valence-corrected chi connectivity index (χ4v) is 5.97. The molecule has 0 radical (unpaired) electrons. The Bertz CT molecular complexity index is 1860. The number of benzene rings is 4. The van der Waals surface area contributed by atoms with Crippen molar-refractivity contribution in [2.24, 2.45) is 0 Å². The van der Waals surface area contributed by atoms with Crippen molar-refractivity contribution >= 4 is 44.3 Å². The Balaban J connectivity index is 1.39. The first-order valence-corrected chi connectivity index (χ1v) is 13.8. The minimum absolute atomic E-state index is 0.179. The molecule has 2 N–H and O–H groups in total. The van der Waals surface area contributed by atoms with E-state index in [9.17, 15) is 14.7 Å². The normalized spacial score (nSPS) is 11.9. The molecule has 0 unspecified atom stereocenters. The van der Waals surface area contributed by atoms with Gasteiger partial charge in [0.15, 0.2) is 0 Å². The molecular formula is C33H25N3O3S. The lowest BCUT2D eigenvalue weighted by Crippen LogP contribution is -2.27. The van der Waals surface area contributed by atoms with Crippen molar-refractivity contribution in [1.82, 2.24) is 15.3 Å². The highest BCUT2D eigenvalue weighted by molar-refractivity contribution is 7.17. The van der Waals surface area contributed by atoms with Gasteiger partial charge in [0.25, 0.3) is 5.91 Å². The summed E-state index contributed by atoms with van der Waals surface area (Å²) in [4.78, 5) is 33.9. The maximum absolute atomic E-state index is 13.9. The standard InChI is InChI=1S/C33H25N3O3S/c1-20(22-8-10-24(11-9-22)33(38)39)36-32(37)27-17-25(23-5-3-2-4-6-23)18-30-31(27)26(19-40-30)15-21-7-12-28-29(16-21)35-14-13-34-28/h2-14,16-20H,15H2,1H3,(H,36,37)(H,38,39)/t20-/m0/s1. The van der Waals surface area contributed by atoms with E-state index in [2.05, 4.69) is 32.8 Å². The van der Waals surface area contributed by atoms with Crippen LogP contribution in [-0.4, -0.2) is 27.0 Å². The van der Waals surface area contributed by atoms with Gasteiger partial charge in [-0.2, -0.15) is 0 Å². The summed E-state index contributed by atoms with van der Waals surface area (Å²) in [5, 5.41) is 15.4. The maximum atomic E-state index is 13.9. The highest BCUT2D eigenvalue weighted by Gasteiger charge is 2.20. The topological polar surface area (TPSA) is 92.2 Å². The Hall–Kier alpha value is -4.88. The fraction of sp³-hybridized carbons (Fsp3) is 0.0909. The van der Waals surface area contributed by atoms with Gasteiger partial charge in [0, 0.05) is 28.0 Å². The average molecular weight is 544 g/mol. The van der Waals surface area contributed by atoms with Crippen molar-refractivity contribution in [3.05, 3.63) is 131 Å². The van der Waals surface area contributed by atoms with Crippen molar-refractivity contribution in [2.75, 3.05) is 0 Å². The number of hydrogen-bond donors (Lipinski definition) is 2. The molecule has 1 amide bonds. The molecule has 2 heterocycles. The predicted molar refractivity (Wildman–Crippen MR) is 159 cm³/mol. The van der Waals surface area contributed by atoms with E-state index in [0.29, 0.717) is 12.0 Å². The second-order valence-corrected chi connectivity index (χ2v) is 10.6. The molecule has 4 aromatic carbocycles. The van der Waals surface area contributed by atoms with Crippen LogP contribution >= 0.6 is 11.3 Å². The van der Waals surface area contributed by atoms with E-state index >= 15 is 0 Å². The monoisotopic (exact) mass is 543 g/mol. The first-order chi connectivity index (χ1) is 19.5. The lowest BCUT2D eigenvalue weighted by molar-refractivity contribution is 0.0696. The number of aromatic carboxylic acids is 1. The largest absolute Gasteiger partial charge is 0.478 e. The zero-order valence-corrected chi connectivity index (χ0v) is 22.5. The zero-order chi connectivity index (χ0) is 27.6. The van der Waals surface area contributed by atoms with Crippen LogP contribution in [0.2, 0.25) is 0 Å². The molecular weight excluding hydrogens is 518 g/mol. The van der Waals surface area contributed by atoms with Crippen LogP contribution in [0, 0.1) is 0 Å². The zero-order valence-electron chi connectivity index (χ0n) is 21.7. The Kier molecular flexibility index (Phi) is 6.80. The van der Waals surface area contributed by atoms with Gasteiger partial charge in [-0.3, -0.25) is 14.8 Å². The molecule has 2 aromatic heterocycles. The summed E-state index contributed by atoms with van der Waals surface area (Å²) >= 11 is 1.63. The molecule has 0 spiro atoms. The van der Waals surface area contributed by atoms with E-state index in [4.69, 9.17) is 0 Å². The van der Waals surface area contributed by atoms with Gasteiger partial charge in [0.1, 0.15) is 0 Å². The smallest absolute Gasteiger partial charge is 0.335 e. The number of aromatic nitrogens is 2. The van der Waals surface area contributed by atoms with Crippen LogP contribution in [0.25, 0.3) is 32.2 Å². The molecule has 0 aliphatic heterocycles. The van der Waals surface area contributed by atoms with Gasteiger partial charge < -0.3 is 10.4 Å². The van der Waals surface area contributed by atoms with Gasteiger partial charge in [-0.25, -0.2) is 4.79 Å². The van der Waals surface area contributed by atoms with Crippen molar-refractivity contribution in [2.45, 2.75) is 19.4 Å². The molecule has 6 rings (SSSR count). The van der Waals surface area contributed by atoms with E-state index in [0.717, 1.165) is 48.9 Å². The Morgan fingerprint density at radius 3 is 2.38 bits per heavy atom. The van der Waals surface area contributed by atoms with Gasteiger partial charge in [0.2, 0.25) is 0 Å². The quantitative estimate of drug-likeness (QED) is 0.221. The van der Waals surface area contributed by atoms with Crippen molar-refractivity contribution < 1.29 is 14.7 Å². The minimum atomic E-state index is -0.980. The molecule has 0 aliphatic carbocycles. The van der Waals surface area contributed by atoms with Crippen LogP contribution in [0.3, 0.4) is 0 Å². The van der Waals surface area contributed by atoms with Crippen LogP contribution in [0.4, 0.5) is 0 Å². The number of nitrogens with one attached hydrogen (secondary N) is 1. The molecule has 0 saturated heterocycles. The van der Waals surface area contributed by atoms with Crippen LogP contribution in [0.5, 0.6) is 0 Å². The molecule has 1 atom stereocenters. The number of carbonyl (C=O) groups is 2. The number of carboxylic acid groups (broad SMARTS) is 1. The Morgan fingerprint density at radius 2 is 1.62 bits per heavy atom. The Labute approximate surface area is 235 Å². The van der Waals surface area contributed by atoms with Gasteiger partial charge in [-0.15, -0.1) is 11.3 Å². The van der Waals surface area contributed by atoms with Crippen LogP contribution in [-0.2, 0) is 6.42 Å². The van der Waals surface area contributed by atoms with E-state index in [1.54, 1.807) is 48.0 Å². The summed E-state index contributed by atoms with van der Waals surface area (Å²) in [7, 11) is 0. The number of carbonyl (C=O) groups excluding carboxylic acids is 1. The number of hydrogen-bond acceptors (Lipinski definition) is 5. The molecule has 196 valence electrons. The van der Waals surface area contributed by atoms with Crippen molar-refractivity contribution in [3.63, 3.8) is 0 Å². The lowest BCUT2D eigenvalue weighted by Gasteiger charge is -2.16. The number of rotatable bonds is 7. The Morgan fingerprint density at radius 1 is 0.875 bits per heavy atom. The molecule has 40 heavy (non-hydrogen) atoms. The molecule has 0 aliphatic rings. The highest BCUT2D eigenvalue weighted by atomic mass is 32.1. The number of fused-ring (bicyclic) bond motifs is 2. The molecule has 0 saturated carbocycles. The summed E-state index contributed by atoms with van der Waals surface area (Å²) in [6.45, 7) is 1.90. The van der Waals surface area contributed by atoms with E-state index < -0.39 is 5.97 Å². The van der Waals surface area contributed by atoms with Crippen molar-refractivity contribution in [3.8, 4) is 11.1 Å². The summed E-state index contributed by atoms with van der Waals surface area (Å²) in [5.41, 5.74) is 7.53. The number of thiophene rings is 1. The van der Waals surface area contributed by atoms with E-state index in [-0.39, 0.29) is 17.5 Å². The summed E-state index contributed by atoms with van der Waals surface area (Å²) in [6, 6.07) is 26.5. The first-order valence-electron chi connectivity index (χ1n) is 12.9. The summed E-state index contributed by atoms with van der Waals surface area (Å²) < 4.78 is 1.04. The molecule has 0 fully saturated rings. The predicted octanol–water partition coefficient (Wildman–Crippen LogP) is 7.29. The first kappa shape index (κ1) is 25.4. The molecule has 7 heteroatoms. The average Bonchev–Trinajstić information content (AvgIpc) is 3.39. The maximum Gasteiger partial charge on any atom is 0.335 e. The van der Waals surface area contributed by atoms with E-state index in [1.165, 1.54) is 0 Å². The second kappa shape index (κ2) is 10.7. The van der Waals surface area contributed by atoms with Gasteiger partial charge in [-0.1, -0.05) is 48.5 Å². The third kappa shape index (κ3) is 5.07. The minimum Gasteiger partial charge on any atom is -0.478 e. The highest BCUT2D eigenvalue weighted by Crippen LogP contribution is 2.36. The molecule has 6 aromatic rings. The molecule has 0 bridgehead atoms. The summed E-state index contributed by atoms with van der Waals surface area (Å²) in [6.07, 6.45) is 4.03. The van der Waals surface area contributed by atoms with Gasteiger partial charge in [-0.05, 0) is 82.9 Å². The third-order valence-electron chi connectivity index (χ3n) is 7.04. The van der Waals surface area contributed by atoms with Gasteiger partial charge in [0.05, 0.1) is 22.6 Å².